The highest BCUT2D eigenvalue weighted by Crippen LogP contribution is 2.27. The summed E-state index contributed by atoms with van der Waals surface area (Å²) in [5, 5.41) is 9.42. The maximum absolute atomic E-state index is 11.9. The first kappa shape index (κ1) is 15.7. The van der Waals surface area contributed by atoms with Gasteiger partial charge in [-0.05, 0) is 19.4 Å². The molecule has 0 fully saturated rings. The van der Waals surface area contributed by atoms with E-state index in [1.807, 2.05) is 6.92 Å². The van der Waals surface area contributed by atoms with E-state index in [2.05, 4.69) is 4.98 Å². The van der Waals surface area contributed by atoms with Gasteiger partial charge in [0.2, 0.25) is 0 Å². The molecule has 2 atom stereocenters. The lowest BCUT2D eigenvalue weighted by Crippen LogP contribution is -2.27. The molecule has 104 valence electrons. The molecule has 1 aromatic heterocycles. The van der Waals surface area contributed by atoms with Crippen LogP contribution in [0.15, 0.2) is 12.3 Å². The van der Waals surface area contributed by atoms with Crippen LogP contribution in [0.25, 0.3) is 0 Å². The zero-order chi connectivity index (χ0) is 14.6. The third kappa shape index (κ3) is 4.08. The minimum absolute atomic E-state index is 0.0148. The maximum Gasteiger partial charge on any atom is 0.326 e. The molecule has 1 N–H and O–H groups in total. The summed E-state index contributed by atoms with van der Waals surface area (Å²) in [6.45, 7) is 3.49. The van der Waals surface area contributed by atoms with Crippen molar-refractivity contribution in [2.75, 3.05) is 0 Å². The topological polar surface area (TPSA) is 76.5 Å². The van der Waals surface area contributed by atoms with Crippen LogP contribution >= 0.6 is 23.2 Å². The Morgan fingerprint density at radius 3 is 2.58 bits per heavy atom. The fourth-order valence-corrected chi connectivity index (χ4v) is 1.81. The van der Waals surface area contributed by atoms with Crippen LogP contribution in [-0.4, -0.2) is 28.1 Å². The quantitative estimate of drug-likeness (QED) is 0.668. The van der Waals surface area contributed by atoms with Gasteiger partial charge in [-0.2, -0.15) is 0 Å². The van der Waals surface area contributed by atoms with E-state index in [1.165, 1.54) is 12.3 Å². The fraction of sp³-hybridized carbons (Fsp3) is 0.417. The van der Waals surface area contributed by atoms with Crippen molar-refractivity contribution in [3.05, 3.63) is 28.0 Å². The van der Waals surface area contributed by atoms with Crippen LogP contribution < -0.4 is 0 Å². The average molecular weight is 306 g/mol. The van der Waals surface area contributed by atoms with Gasteiger partial charge in [0, 0.05) is 6.20 Å². The van der Waals surface area contributed by atoms with Gasteiger partial charge in [-0.15, -0.1) is 0 Å². The van der Waals surface area contributed by atoms with Gasteiger partial charge in [-0.3, -0.25) is 14.6 Å². The minimum Gasteiger partial charge on any atom is -0.480 e. The molecule has 0 saturated heterocycles. The Morgan fingerprint density at radius 2 is 2.11 bits per heavy atom. The van der Waals surface area contributed by atoms with Crippen LogP contribution in [0.2, 0.25) is 10.0 Å². The highest BCUT2D eigenvalue weighted by molar-refractivity contribution is 6.35. The molecule has 0 aromatic carbocycles. The normalized spacial score (nSPS) is 13.7. The SMILES string of the molecule is CCC(C)OC(=O)C(C(=O)O)c1ncc(Cl)cc1Cl. The second kappa shape index (κ2) is 6.73. The Bertz CT molecular complexity index is 493. The molecule has 1 rings (SSSR count). The number of carbonyl (C=O) groups is 2. The van der Waals surface area contributed by atoms with Crippen LogP contribution in [0, 0.1) is 0 Å². The highest BCUT2D eigenvalue weighted by Gasteiger charge is 2.34. The molecule has 1 aromatic rings. The second-order valence-electron chi connectivity index (χ2n) is 3.95. The summed E-state index contributed by atoms with van der Waals surface area (Å²) >= 11 is 11.5. The summed E-state index contributed by atoms with van der Waals surface area (Å²) in [4.78, 5) is 26.9. The van der Waals surface area contributed by atoms with Crippen LogP contribution in [0.3, 0.4) is 0 Å². The van der Waals surface area contributed by atoms with Gasteiger partial charge in [-0.1, -0.05) is 30.1 Å². The summed E-state index contributed by atoms with van der Waals surface area (Å²) < 4.78 is 5.01. The Labute approximate surface area is 120 Å². The number of rotatable bonds is 5. The molecule has 0 saturated carbocycles. The molecule has 0 aliphatic heterocycles. The molecule has 7 heteroatoms. The summed E-state index contributed by atoms with van der Waals surface area (Å²) in [6, 6.07) is 1.33. The molecule has 19 heavy (non-hydrogen) atoms. The van der Waals surface area contributed by atoms with Crippen LogP contribution in [0.4, 0.5) is 0 Å². The average Bonchev–Trinajstić information content (AvgIpc) is 2.31. The molecule has 0 aliphatic rings. The molecule has 0 amide bonds. The van der Waals surface area contributed by atoms with E-state index in [4.69, 9.17) is 33.0 Å². The molecule has 0 aliphatic carbocycles. The van der Waals surface area contributed by atoms with Crippen LogP contribution in [-0.2, 0) is 14.3 Å². The largest absolute Gasteiger partial charge is 0.480 e. The number of halogens is 2. The van der Waals surface area contributed by atoms with Gasteiger partial charge < -0.3 is 9.84 Å². The van der Waals surface area contributed by atoms with Crippen molar-refractivity contribution in [1.29, 1.82) is 0 Å². The standard InChI is InChI=1S/C12H13Cl2NO4/c1-3-6(2)19-12(18)9(11(16)17)10-8(14)4-7(13)5-15-10/h4-6,9H,3H2,1-2H3,(H,16,17). The third-order valence-corrected chi connectivity index (χ3v) is 2.99. The molecule has 2 unspecified atom stereocenters. The third-order valence-electron chi connectivity index (χ3n) is 2.48. The molecule has 0 radical (unpaired) electrons. The van der Waals surface area contributed by atoms with Gasteiger partial charge in [0.25, 0.3) is 0 Å². The van der Waals surface area contributed by atoms with E-state index < -0.39 is 17.9 Å². The number of ether oxygens (including phenoxy) is 1. The molecular formula is C12H13Cl2NO4. The molecule has 0 bridgehead atoms. The second-order valence-corrected chi connectivity index (χ2v) is 4.79. The predicted octanol–water partition coefficient (Wildman–Crippen LogP) is 2.90. The summed E-state index contributed by atoms with van der Waals surface area (Å²) in [5.74, 6) is -3.82. The monoisotopic (exact) mass is 305 g/mol. The molecule has 0 spiro atoms. The molecule has 1 heterocycles. The number of hydrogen-bond donors (Lipinski definition) is 1. The van der Waals surface area contributed by atoms with Gasteiger partial charge in [0.15, 0.2) is 5.92 Å². The van der Waals surface area contributed by atoms with Crippen molar-refractivity contribution in [3.8, 4) is 0 Å². The number of carboxylic acids is 1. The lowest BCUT2D eigenvalue weighted by Gasteiger charge is -2.16. The summed E-state index contributed by atoms with van der Waals surface area (Å²) in [5.41, 5.74) is -0.0770. The molecule has 5 nitrogen and oxygen atoms in total. The fourth-order valence-electron chi connectivity index (χ4n) is 1.32. The summed E-state index contributed by atoms with van der Waals surface area (Å²) in [6.07, 6.45) is 1.44. The highest BCUT2D eigenvalue weighted by atomic mass is 35.5. The van der Waals surface area contributed by atoms with Crippen molar-refractivity contribution in [3.63, 3.8) is 0 Å². The van der Waals surface area contributed by atoms with E-state index in [0.717, 1.165) is 0 Å². The van der Waals surface area contributed by atoms with Crippen LogP contribution in [0.5, 0.6) is 0 Å². The zero-order valence-electron chi connectivity index (χ0n) is 10.4. The lowest BCUT2D eigenvalue weighted by molar-refractivity contribution is -0.157. The van der Waals surface area contributed by atoms with Crippen molar-refractivity contribution in [2.45, 2.75) is 32.3 Å². The van der Waals surface area contributed by atoms with Crippen molar-refractivity contribution in [1.82, 2.24) is 4.98 Å². The zero-order valence-corrected chi connectivity index (χ0v) is 11.9. The Balaban J connectivity index is 3.07. The summed E-state index contributed by atoms with van der Waals surface area (Å²) in [7, 11) is 0. The van der Waals surface area contributed by atoms with E-state index in [1.54, 1.807) is 6.92 Å². The van der Waals surface area contributed by atoms with Crippen LogP contribution in [0.1, 0.15) is 31.9 Å². The van der Waals surface area contributed by atoms with Crippen molar-refractivity contribution < 1.29 is 19.4 Å². The Morgan fingerprint density at radius 1 is 1.47 bits per heavy atom. The van der Waals surface area contributed by atoms with Crippen molar-refractivity contribution in [2.24, 2.45) is 0 Å². The predicted molar refractivity (Wildman–Crippen MR) is 70.5 cm³/mol. The van der Waals surface area contributed by atoms with Crippen molar-refractivity contribution >= 4 is 35.1 Å². The number of carboxylic acid groups (broad SMARTS) is 1. The first-order valence-electron chi connectivity index (χ1n) is 5.61. The lowest BCUT2D eigenvalue weighted by atomic mass is 10.1. The van der Waals surface area contributed by atoms with E-state index in [0.29, 0.717) is 6.42 Å². The Kier molecular flexibility index (Phi) is 5.57. The first-order valence-corrected chi connectivity index (χ1v) is 6.36. The number of hydrogen-bond acceptors (Lipinski definition) is 4. The van der Waals surface area contributed by atoms with Gasteiger partial charge in [-0.25, -0.2) is 0 Å². The number of carbonyl (C=O) groups excluding carboxylic acids is 1. The van der Waals surface area contributed by atoms with Gasteiger partial charge >= 0.3 is 11.9 Å². The molecular weight excluding hydrogens is 293 g/mol. The number of aliphatic carboxylic acids is 1. The minimum atomic E-state index is -1.56. The first-order chi connectivity index (χ1) is 8.86. The van der Waals surface area contributed by atoms with E-state index >= 15 is 0 Å². The smallest absolute Gasteiger partial charge is 0.326 e. The van der Waals surface area contributed by atoms with Gasteiger partial charge in [0.05, 0.1) is 21.8 Å². The Hall–Kier alpha value is -1.33. The van der Waals surface area contributed by atoms with E-state index in [-0.39, 0.29) is 21.8 Å². The van der Waals surface area contributed by atoms with Gasteiger partial charge in [0.1, 0.15) is 0 Å². The number of aromatic nitrogens is 1. The number of esters is 1. The number of pyridine rings is 1. The van der Waals surface area contributed by atoms with E-state index in [9.17, 15) is 9.59 Å². The number of nitrogens with zero attached hydrogens (tertiary/aromatic N) is 1. The maximum atomic E-state index is 11.9.